The average molecular weight is 265 g/mol. The molecule has 0 unspecified atom stereocenters. The molecule has 1 amide bonds. The first-order chi connectivity index (χ1) is 8.93. The summed E-state index contributed by atoms with van der Waals surface area (Å²) in [6.45, 7) is 4.11. The number of hydrogen-bond acceptors (Lipinski definition) is 3. The fourth-order valence-electron chi connectivity index (χ4n) is 1.62. The Kier molecular flexibility index (Phi) is 5.36. The molecule has 0 heterocycles. The molecule has 0 aromatic heterocycles. The number of anilines is 1. The molecule has 0 saturated carbocycles. The first-order valence-corrected chi connectivity index (χ1v) is 6.13. The predicted octanol–water partition coefficient (Wildman–Crippen LogP) is 2.62. The van der Waals surface area contributed by atoms with Gasteiger partial charge in [-0.25, -0.2) is 0 Å². The first-order valence-electron chi connectivity index (χ1n) is 6.13. The molecule has 0 aliphatic carbocycles. The number of methoxy groups -OCH3 is 1. The third kappa shape index (κ3) is 4.62. The average Bonchev–Trinajstić information content (AvgIpc) is 2.36. The molecule has 0 fully saturated rings. The van der Waals surface area contributed by atoms with E-state index in [-0.39, 0.29) is 18.7 Å². The monoisotopic (exact) mass is 265 g/mol. The van der Waals surface area contributed by atoms with Crippen LogP contribution in [0.3, 0.4) is 0 Å². The maximum Gasteiger partial charge on any atom is 0.303 e. The van der Waals surface area contributed by atoms with Crippen molar-refractivity contribution in [1.82, 2.24) is 0 Å². The summed E-state index contributed by atoms with van der Waals surface area (Å²) in [5, 5.41) is 11.2. The lowest BCUT2D eigenvalue weighted by Gasteiger charge is -2.13. The number of nitrogens with one attached hydrogen (secondary N) is 1. The van der Waals surface area contributed by atoms with Crippen LogP contribution in [0.5, 0.6) is 5.75 Å². The van der Waals surface area contributed by atoms with Crippen LogP contribution in [-0.2, 0) is 9.59 Å². The van der Waals surface area contributed by atoms with E-state index in [2.05, 4.69) is 19.2 Å². The second-order valence-corrected chi connectivity index (χ2v) is 4.56. The van der Waals surface area contributed by atoms with Crippen molar-refractivity contribution in [3.63, 3.8) is 0 Å². The van der Waals surface area contributed by atoms with Crippen LogP contribution in [0.2, 0.25) is 0 Å². The standard InChI is InChI=1S/C14H19NO4/c1-9(2)10-4-5-12(19-3)11(8-10)15-13(16)6-7-14(17)18/h4-5,8-9H,6-7H2,1-3H3,(H,15,16)(H,17,18). The van der Waals surface area contributed by atoms with E-state index in [1.54, 1.807) is 6.07 Å². The summed E-state index contributed by atoms with van der Waals surface area (Å²) >= 11 is 0. The van der Waals surface area contributed by atoms with Crippen LogP contribution in [0.15, 0.2) is 18.2 Å². The minimum Gasteiger partial charge on any atom is -0.495 e. The maximum atomic E-state index is 11.6. The van der Waals surface area contributed by atoms with Gasteiger partial charge in [-0.1, -0.05) is 19.9 Å². The molecule has 1 aromatic carbocycles. The van der Waals surface area contributed by atoms with Gasteiger partial charge in [0.2, 0.25) is 5.91 Å². The van der Waals surface area contributed by atoms with Gasteiger partial charge < -0.3 is 15.2 Å². The van der Waals surface area contributed by atoms with Crippen molar-refractivity contribution in [1.29, 1.82) is 0 Å². The zero-order valence-corrected chi connectivity index (χ0v) is 11.4. The lowest BCUT2D eigenvalue weighted by Crippen LogP contribution is -2.14. The van der Waals surface area contributed by atoms with E-state index in [4.69, 9.17) is 9.84 Å². The van der Waals surface area contributed by atoms with Gasteiger partial charge in [-0.05, 0) is 23.6 Å². The molecule has 0 radical (unpaired) electrons. The number of carboxylic acids is 1. The second-order valence-electron chi connectivity index (χ2n) is 4.56. The van der Waals surface area contributed by atoms with Crippen molar-refractivity contribution in [3.05, 3.63) is 23.8 Å². The zero-order chi connectivity index (χ0) is 14.4. The lowest BCUT2D eigenvalue weighted by atomic mass is 10.0. The van der Waals surface area contributed by atoms with Gasteiger partial charge in [0.1, 0.15) is 5.75 Å². The summed E-state index contributed by atoms with van der Waals surface area (Å²) in [6.07, 6.45) is -0.234. The van der Waals surface area contributed by atoms with Crippen LogP contribution < -0.4 is 10.1 Å². The summed E-state index contributed by atoms with van der Waals surface area (Å²) < 4.78 is 5.18. The molecule has 0 saturated heterocycles. The van der Waals surface area contributed by atoms with Gasteiger partial charge in [-0.3, -0.25) is 9.59 Å². The molecular weight excluding hydrogens is 246 g/mol. The molecule has 1 aromatic rings. The third-order valence-corrected chi connectivity index (χ3v) is 2.73. The second kappa shape index (κ2) is 6.78. The Balaban J connectivity index is 2.82. The summed E-state index contributed by atoms with van der Waals surface area (Å²) in [5.74, 6) is -0.423. The minimum absolute atomic E-state index is 0.0512. The SMILES string of the molecule is COc1ccc(C(C)C)cc1NC(=O)CCC(=O)O. The van der Waals surface area contributed by atoms with Crippen LogP contribution in [0.25, 0.3) is 0 Å². The smallest absolute Gasteiger partial charge is 0.303 e. The van der Waals surface area contributed by atoms with Crippen LogP contribution >= 0.6 is 0 Å². The number of ether oxygens (including phenoxy) is 1. The molecule has 0 aliphatic rings. The van der Waals surface area contributed by atoms with E-state index >= 15 is 0 Å². The van der Waals surface area contributed by atoms with Gasteiger partial charge in [0.15, 0.2) is 0 Å². The number of carbonyl (C=O) groups excluding carboxylic acids is 1. The van der Waals surface area contributed by atoms with Crippen molar-refractivity contribution in [2.24, 2.45) is 0 Å². The van der Waals surface area contributed by atoms with Gasteiger partial charge in [0.25, 0.3) is 0 Å². The number of hydrogen-bond donors (Lipinski definition) is 2. The number of carboxylic acid groups (broad SMARTS) is 1. The summed E-state index contributed by atoms with van der Waals surface area (Å²) in [5.41, 5.74) is 1.65. The number of aliphatic carboxylic acids is 1. The van der Waals surface area contributed by atoms with E-state index < -0.39 is 5.97 Å². The molecule has 0 spiro atoms. The number of rotatable bonds is 6. The number of benzene rings is 1. The highest BCUT2D eigenvalue weighted by atomic mass is 16.5. The van der Waals surface area contributed by atoms with E-state index in [1.807, 2.05) is 12.1 Å². The Morgan fingerprint density at radius 1 is 1.32 bits per heavy atom. The first kappa shape index (κ1) is 15.0. The van der Waals surface area contributed by atoms with Crippen LogP contribution in [-0.4, -0.2) is 24.1 Å². The zero-order valence-electron chi connectivity index (χ0n) is 11.4. The fourth-order valence-corrected chi connectivity index (χ4v) is 1.62. The van der Waals surface area contributed by atoms with E-state index in [9.17, 15) is 9.59 Å². The molecule has 5 heteroatoms. The normalized spacial score (nSPS) is 10.3. The Labute approximate surface area is 112 Å². The van der Waals surface area contributed by atoms with Crippen molar-refractivity contribution < 1.29 is 19.4 Å². The van der Waals surface area contributed by atoms with Crippen molar-refractivity contribution in [2.45, 2.75) is 32.6 Å². The largest absolute Gasteiger partial charge is 0.495 e. The Morgan fingerprint density at radius 3 is 2.53 bits per heavy atom. The topological polar surface area (TPSA) is 75.6 Å². The molecule has 5 nitrogen and oxygen atoms in total. The molecular formula is C14H19NO4. The molecule has 104 valence electrons. The highest BCUT2D eigenvalue weighted by Gasteiger charge is 2.11. The highest BCUT2D eigenvalue weighted by Crippen LogP contribution is 2.28. The van der Waals surface area contributed by atoms with Gasteiger partial charge in [-0.2, -0.15) is 0 Å². The van der Waals surface area contributed by atoms with Gasteiger partial charge in [-0.15, -0.1) is 0 Å². The molecule has 0 aliphatic heterocycles. The quantitative estimate of drug-likeness (QED) is 0.829. The Morgan fingerprint density at radius 2 is 2.00 bits per heavy atom. The van der Waals surface area contributed by atoms with Gasteiger partial charge in [0.05, 0.1) is 19.2 Å². The number of amides is 1. The third-order valence-electron chi connectivity index (χ3n) is 2.73. The minimum atomic E-state index is -0.988. The number of carbonyl (C=O) groups is 2. The maximum absolute atomic E-state index is 11.6. The van der Waals surface area contributed by atoms with E-state index in [0.29, 0.717) is 17.4 Å². The summed E-state index contributed by atoms with van der Waals surface area (Å²) in [6, 6.07) is 5.58. The van der Waals surface area contributed by atoms with Crippen molar-refractivity contribution in [2.75, 3.05) is 12.4 Å². The molecule has 1 rings (SSSR count). The predicted molar refractivity (Wildman–Crippen MR) is 72.6 cm³/mol. The Hall–Kier alpha value is -2.04. The molecule has 0 bridgehead atoms. The molecule has 19 heavy (non-hydrogen) atoms. The lowest BCUT2D eigenvalue weighted by molar-refractivity contribution is -0.138. The Bertz CT molecular complexity index is 469. The van der Waals surface area contributed by atoms with Crippen molar-refractivity contribution in [3.8, 4) is 5.75 Å². The highest BCUT2D eigenvalue weighted by molar-refractivity contribution is 5.93. The van der Waals surface area contributed by atoms with E-state index in [1.165, 1.54) is 7.11 Å². The van der Waals surface area contributed by atoms with Crippen LogP contribution in [0, 0.1) is 0 Å². The van der Waals surface area contributed by atoms with Gasteiger partial charge in [0, 0.05) is 6.42 Å². The fraction of sp³-hybridized carbons (Fsp3) is 0.429. The van der Waals surface area contributed by atoms with Gasteiger partial charge >= 0.3 is 5.97 Å². The van der Waals surface area contributed by atoms with Crippen LogP contribution in [0.4, 0.5) is 5.69 Å². The van der Waals surface area contributed by atoms with Crippen molar-refractivity contribution >= 4 is 17.6 Å². The summed E-state index contributed by atoms with van der Waals surface area (Å²) in [4.78, 5) is 22.1. The van der Waals surface area contributed by atoms with E-state index in [0.717, 1.165) is 5.56 Å². The molecule has 0 atom stereocenters. The summed E-state index contributed by atoms with van der Waals surface area (Å²) in [7, 11) is 1.53. The molecule has 2 N–H and O–H groups in total. The van der Waals surface area contributed by atoms with Crippen LogP contribution in [0.1, 0.15) is 38.2 Å².